The molecule has 1 aliphatic heterocycles. The van der Waals surface area contributed by atoms with Gasteiger partial charge in [0.25, 0.3) is 0 Å². The molecule has 3 aromatic rings. The zero-order valence-electron chi connectivity index (χ0n) is 17.6. The van der Waals surface area contributed by atoms with Crippen LogP contribution in [-0.2, 0) is 11.3 Å². The van der Waals surface area contributed by atoms with Crippen molar-refractivity contribution in [1.29, 1.82) is 0 Å². The summed E-state index contributed by atoms with van der Waals surface area (Å²) in [6, 6.07) is 26.7. The molecular weight excluding hydrogens is 370 g/mol. The fraction of sp³-hybridized carbons (Fsp3) is 0.269. The molecule has 0 bridgehead atoms. The van der Waals surface area contributed by atoms with Gasteiger partial charge in [0, 0.05) is 44.0 Å². The number of nitrogens with one attached hydrogen (secondary N) is 1. The van der Waals surface area contributed by atoms with Crippen molar-refractivity contribution in [2.24, 2.45) is 0 Å². The van der Waals surface area contributed by atoms with Crippen molar-refractivity contribution in [3.8, 4) is 11.1 Å². The molecule has 1 amide bonds. The molecule has 0 spiro atoms. The van der Waals surface area contributed by atoms with Crippen LogP contribution >= 0.6 is 0 Å². The number of benzene rings is 3. The molecule has 1 aliphatic rings. The molecule has 0 saturated carbocycles. The number of aryl methyl sites for hydroxylation is 1. The van der Waals surface area contributed by atoms with E-state index in [-0.39, 0.29) is 5.91 Å². The van der Waals surface area contributed by atoms with Crippen LogP contribution in [0.1, 0.15) is 11.1 Å². The minimum absolute atomic E-state index is 0.0470. The first-order chi connectivity index (χ1) is 14.7. The predicted molar refractivity (Wildman–Crippen MR) is 123 cm³/mol. The van der Waals surface area contributed by atoms with Crippen LogP contribution in [0.15, 0.2) is 78.9 Å². The molecular formula is C26H29N3O. The lowest BCUT2D eigenvalue weighted by atomic mass is 10.0. The molecule has 0 aromatic heterocycles. The Morgan fingerprint density at radius 2 is 1.43 bits per heavy atom. The average molecular weight is 400 g/mol. The van der Waals surface area contributed by atoms with Gasteiger partial charge in [0.05, 0.1) is 6.54 Å². The first kappa shape index (κ1) is 20.3. The number of rotatable bonds is 6. The van der Waals surface area contributed by atoms with E-state index in [0.29, 0.717) is 6.54 Å². The molecule has 1 fully saturated rings. The highest BCUT2D eigenvalue weighted by atomic mass is 16.2. The smallest absolute Gasteiger partial charge is 0.238 e. The van der Waals surface area contributed by atoms with Gasteiger partial charge in [0.15, 0.2) is 0 Å². The van der Waals surface area contributed by atoms with E-state index in [1.165, 1.54) is 11.1 Å². The van der Waals surface area contributed by atoms with Crippen molar-refractivity contribution >= 4 is 11.6 Å². The summed E-state index contributed by atoms with van der Waals surface area (Å²) in [6.45, 7) is 7.39. The summed E-state index contributed by atoms with van der Waals surface area (Å²) in [5.74, 6) is 0.0470. The van der Waals surface area contributed by atoms with E-state index in [2.05, 4.69) is 64.5 Å². The summed E-state index contributed by atoms with van der Waals surface area (Å²) >= 11 is 0. The summed E-state index contributed by atoms with van der Waals surface area (Å²) in [5.41, 5.74) is 5.76. The van der Waals surface area contributed by atoms with E-state index in [1.807, 2.05) is 36.4 Å². The van der Waals surface area contributed by atoms with Crippen LogP contribution in [0.25, 0.3) is 11.1 Å². The quantitative estimate of drug-likeness (QED) is 0.667. The molecule has 0 aliphatic carbocycles. The maximum atomic E-state index is 12.7. The van der Waals surface area contributed by atoms with Crippen molar-refractivity contribution in [2.45, 2.75) is 13.5 Å². The highest BCUT2D eigenvalue weighted by Crippen LogP contribution is 2.27. The maximum Gasteiger partial charge on any atom is 0.238 e. The Morgan fingerprint density at radius 3 is 2.20 bits per heavy atom. The Morgan fingerprint density at radius 1 is 0.800 bits per heavy atom. The van der Waals surface area contributed by atoms with Gasteiger partial charge in [0.2, 0.25) is 5.91 Å². The molecule has 30 heavy (non-hydrogen) atoms. The summed E-state index contributed by atoms with van der Waals surface area (Å²) in [7, 11) is 0. The van der Waals surface area contributed by atoms with E-state index >= 15 is 0 Å². The fourth-order valence-electron chi connectivity index (χ4n) is 3.99. The van der Waals surface area contributed by atoms with Crippen LogP contribution in [0, 0.1) is 6.92 Å². The Kier molecular flexibility index (Phi) is 6.57. The van der Waals surface area contributed by atoms with E-state index < -0.39 is 0 Å². The second kappa shape index (κ2) is 9.70. The monoisotopic (exact) mass is 399 g/mol. The van der Waals surface area contributed by atoms with Gasteiger partial charge in [-0.25, -0.2) is 0 Å². The van der Waals surface area contributed by atoms with E-state index in [0.717, 1.165) is 49.5 Å². The van der Waals surface area contributed by atoms with Crippen LogP contribution in [0.5, 0.6) is 0 Å². The van der Waals surface area contributed by atoms with Gasteiger partial charge in [-0.05, 0) is 29.7 Å². The number of carbonyl (C=O) groups is 1. The van der Waals surface area contributed by atoms with Crippen LogP contribution in [0.4, 0.5) is 5.69 Å². The SMILES string of the molecule is Cc1ccccc1CN1CCN(CC(=O)Nc2ccccc2-c2ccccc2)CC1. The van der Waals surface area contributed by atoms with Gasteiger partial charge in [-0.1, -0.05) is 72.8 Å². The lowest BCUT2D eigenvalue weighted by Crippen LogP contribution is -2.48. The minimum atomic E-state index is 0.0470. The summed E-state index contributed by atoms with van der Waals surface area (Å²) in [5, 5.41) is 3.12. The number of anilines is 1. The van der Waals surface area contributed by atoms with Crippen molar-refractivity contribution in [1.82, 2.24) is 9.80 Å². The molecule has 0 unspecified atom stereocenters. The molecule has 4 heteroatoms. The van der Waals surface area contributed by atoms with Crippen LogP contribution in [0.3, 0.4) is 0 Å². The topological polar surface area (TPSA) is 35.6 Å². The third-order valence-electron chi connectivity index (χ3n) is 5.77. The third-order valence-corrected chi connectivity index (χ3v) is 5.77. The number of hydrogen-bond donors (Lipinski definition) is 1. The van der Waals surface area contributed by atoms with Crippen LogP contribution < -0.4 is 5.32 Å². The molecule has 1 saturated heterocycles. The first-order valence-corrected chi connectivity index (χ1v) is 10.6. The van der Waals surface area contributed by atoms with Gasteiger partial charge in [-0.2, -0.15) is 0 Å². The number of piperazine rings is 1. The highest BCUT2D eigenvalue weighted by Gasteiger charge is 2.20. The number of para-hydroxylation sites is 1. The Bertz CT molecular complexity index is 978. The number of hydrogen-bond acceptors (Lipinski definition) is 3. The number of carbonyl (C=O) groups excluding carboxylic acids is 1. The zero-order valence-corrected chi connectivity index (χ0v) is 17.6. The molecule has 0 radical (unpaired) electrons. The fourth-order valence-corrected chi connectivity index (χ4v) is 3.99. The predicted octanol–water partition coefficient (Wildman–Crippen LogP) is 4.42. The summed E-state index contributed by atoms with van der Waals surface area (Å²) < 4.78 is 0. The molecule has 1 heterocycles. The van der Waals surface area contributed by atoms with Gasteiger partial charge in [-0.15, -0.1) is 0 Å². The Labute approximate surface area is 179 Å². The summed E-state index contributed by atoms with van der Waals surface area (Å²) in [6.07, 6.45) is 0. The first-order valence-electron chi connectivity index (χ1n) is 10.6. The number of amides is 1. The van der Waals surface area contributed by atoms with Crippen molar-refractivity contribution in [3.05, 3.63) is 90.0 Å². The standard InChI is InChI=1S/C26H29N3O/c1-21-9-5-6-12-23(21)19-28-15-17-29(18-16-28)20-26(30)27-25-14-8-7-13-24(25)22-10-3-2-4-11-22/h2-14H,15-20H2,1H3,(H,27,30). The maximum absolute atomic E-state index is 12.7. The van der Waals surface area contributed by atoms with Gasteiger partial charge in [-0.3, -0.25) is 14.6 Å². The second-order valence-corrected chi connectivity index (χ2v) is 7.94. The van der Waals surface area contributed by atoms with Gasteiger partial charge < -0.3 is 5.32 Å². The van der Waals surface area contributed by atoms with Crippen LogP contribution in [-0.4, -0.2) is 48.4 Å². The van der Waals surface area contributed by atoms with Crippen molar-refractivity contribution in [3.63, 3.8) is 0 Å². The van der Waals surface area contributed by atoms with Gasteiger partial charge in [0.1, 0.15) is 0 Å². The molecule has 1 N–H and O–H groups in total. The van der Waals surface area contributed by atoms with Crippen molar-refractivity contribution < 1.29 is 4.79 Å². The van der Waals surface area contributed by atoms with Crippen molar-refractivity contribution in [2.75, 3.05) is 38.0 Å². The lowest BCUT2D eigenvalue weighted by Gasteiger charge is -2.34. The van der Waals surface area contributed by atoms with E-state index in [1.54, 1.807) is 0 Å². The van der Waals surface area contributed by atoms with E-state index in [4.69, 9.17) is 0 Å². The molecule has 0 atom stereocenters. The largest absolute Gasteiger partial charge is 0.324 e. The average Bonchev–Trinajstić information content (AvgIpc) is 2.78. The summed E-state index contributed by atoms with van der Waals surface area (Å²) in [4.78, 5) is 17.4. The zero-order chi connectivity index (χ0) is 20.8. The number of nitrogens with zero attached hydrogens (tertiary/aromatic N) is 2. The van der Waals surface area contributed by atoms with E-state index in [9.17, 15) is 4.79 Å². The molecule has 3 aromatic carbocycles. The normalized spacial score (nSPS) is 15.1. The second-order valence-electron chi connectivity index (χ2n) is 7.94. The van der Waals surface area contributed by atoms with Gasteiger partial charge >= 0.3 is 0 Å². The lowest BCUT2D eigenvalue weighted by molar-refractivity contribution is -0.117. The molecule has 4 nitrogen and oxygen atoms in total. The Hall–Kier alpha value is -2.95. The van der Waals surface area contributed by atoms with Crippen LogP contribution in [0.2, 0.25) is 0 Å². The molecule has 4 rings (SSSR count). The highest BCUT2D eigenvalue weighted by molar-refractivity contribution is 5.96. The minimum Gasteiger partial charge on any atom is -0.324 e. The third kappa shape index (κ3) is 5.15. The molecule has 154 valence electrons. The Balaban J connectivity index is 1.30.